The van der Waals surface area contributed by atoms with Gasteiger partial charge in [0.25, 0.3) is 0 Å². The van der Waals surface area contributed by atoms with E-state index in [4.69, 9.17) is 4.74 Å². The van der Waals surface area contributed by atoms with Crippen LogP contribution in [0.4, 0.5) is 0 Å². The molecule has 1 aromatic carbocycles. The second-order valence-electron chi connectivity index (χ2n) is 3.10. The minimum Gasteiger partial charge on any atom is -0.496 e. The van der Waals surface area contributed by atoms with Crippen molar-refractivity contribution in [3.05, 3.63) is 29.3 Å². The van der Waals surface area contributed by atoms with Gasteiger partial charge in [0.1, 0.15) is 5.75 Å². The Morgan fingerprint density at radius 2 is 2.15 bits per heavy atom. The van der Waals surface area contributed by atoms with Crippen LogP contribution in [0.5, 0.6) is 5.75 Å². The summed E-state index contributed by atoms with van der Waals surface area (Å²) in [4.78, 5) is 0. The third-order valence-corrected chi connectivity index (χ3v) is 2.17. The number of hydrogen-bond donors (Lipinski definition) is 1. The van der Waals surface area contributed by atoms with Crippen LogP contribution in [0, 0.1) is 0 Å². The van der Waals surface area contributed by atoms with E-state index in [0.717, 1.165) is 23.3 Å². The lowest BCUT2D eigenvalue weighted by molar-refractivity contribution is 0.199. The van der Waals surface area contributed by atoms with Gasteiger partial charge in [0.15, 0.2) is 0 Å². The summed E-state index contributed by atoms with van der Waals surface area (Å²) in [6.07, 6.45) is 0.514. The SMILES string of the molecule is CCc1cc(C(C)O)ccc1OC. The number of aliphatic hydroxyl groups excluding tert-OH is 1. The van der Waals surface area contributed by atoms with Crippen LogP contribution in [0.1, 0.15) is 31.1 Å². The summed E-state index contributed by atoms with van der Waals surface area (Å²) in [5.41, 5.74) is 2.08. The van der Waals surface area contributed by atoms with Gasteiger partial charge in [0, 0.05) is 0 Å². The summed E-state index contributed by atoms with van der Waals surface area (Å²) in [5, 5.41) is 9.37. The maximum absolute atomic E-state index is 9.37. The first-order chi connectivity index (χ1) is 6.19. The van der Waals surface area contributed by atoms with Crippen molar-refractivity contribution < 1.29 is 9.84 Å². The molecule has 1 rings (SSSR count). The monoisotopic (exact) mass is 180 g/mol. The van der Waals surface area contributed by atoms with E-state index < -0.39 is 6.10 Å². The summed E-state index contributed by atoms with van der Waals surface area (Å²) in [6.45, 7) is 3.84. The van der Waals surface area contributed by atoms with Gasteiger partial charge < -0.3 is 9.84 Å². The van der Waals surface area contributed by atoms with Crippen LogP contribution in [0.3, 0.4) is 0 Å². The highest BCUT2D eigenvalue weighted by Gasteiger charge is 2.05. The van der Waals surface area contributed by atoms with Gasteiger partial charge in [-0.05, 0) is 36.6 Å². The Kier molecular flexibility index (Phi) is 3.32. The molecule has 0 spiro atoms. The zero-order chi connectivity index (χ0) is 9.84. The second-order valence-corrected chi connectivity index (χ2v) is 3.10. The molecule has 0 saturated carbocycles. The molecule has 2 nitrogen and oxygen atoms in total. The summed E-state index contributed by atoms with van der Waals surface area (Å²) in [5.74, 6) is 0.895. The smallest absolute Gasteiger partial charge is 0.122 e. The minimum absolute atomic E-state index is 0.406. The molecule has 0 bridgehead atoms. The largest absolute Gasteiger partial charge is 0.496 e. The molecule has 1 unspecified atom stereocenters. The van der Waals surface area contributed by atoms with E-state index in [1.165, 1.54) is 0 Å². The molecule has 0 aliphatic heterocycles. The molecule has 0 heterocycles. The van der Waals surface area contributed by atoms with Crippen molar-refractivity contribution in [1.82, 2.24) is 0 Å². The molecule has 0 aliphatic carbocycles. The van der Waals surface area contributed by atoms with Crippen molar-refractivity contribution in [1.29, 1.82) is 0 Å². The third kappa shape index (κ3) is 2.22. The highest BCUT2D eigenvalue weighted by molar-refractivity contribution is 5.37. The van der Waals surface area contributed by atoms with Gasteiger partial charge in [-0.25, -0.2) is 0 Å². The zero-order valence-corrected chi connectivity index (χ0v) is 8.37. The maximum Gasteiger partial charge on any atom is 0.122 e. The van der Waals surface area contributed by atoms with E-state index in [-0.39, 0.29) is 0 Å². The molecule has 0 aliphatic rings. The molecule has 0 fully saturated rings. The van der Waals surface area contributed by atoms with Crippen molar-refractivity contribution in [2.75, 3.05) is 7.11 Å². The topological polar surface area (TPSA) is 29.5 Å². The number of ether oxygens (including phenoxy) is 1. The average molecular weight is 180 g/mol. The van der Waals surface area contributed by atoms with Gasteiger partial charge in [0.2, 0.25) is 0 Å². The highest BCUT2D eigenvalue weighted by Crippen LogP contribution is 2.23. The number of rotatable bonds is 3. The summed E-state index contributed by atoms with van der Waals surface area (Å²) in [7, 11) is 1.66. The minimum atomic E-state index is -0.406. The van der Waals surface area contributed by atoms with Crippen LogP contribution in [-0.4, -0.2) is 12.2 Å². The van der Waals surface area contributed by atoms with Crippen molar-refractivity contribution >= 4 is 0 Å². The molecule has 0 aromatic heterocycles. The summed E-state index contributed by atoms with van der Waals surface area (Å²) in [6, 6.07) is 5.78. The van der Waals surface area contributed by atoms with E-state index in [9.17, 15) is 5.11 Å². The molecular weight excluding hydrogens is 164 g/mol. The van der Waals surface area contributed by atoms with Crippen molar-refractivity contribution in [2.45, 2.75) is 26.4 Å². The number of benzene rings is 1. The first-order valence-corrected chi connectivity index (χ1v) is 4.54. The Hall–Kier alpha value is -1.02. The van der Waals surface area contributed by atoms with E-state index in [1.54, 1.807) is 14.0 Å². The second kappa shape index (κ2) is 4.28. The van der Waals surface area contributed by atoms with Crippen molar-refractivity contribution in [3.8, 4) is 5.75 Å². The first kappa shape index (κ1) is 10.1. The molecule has 1 N–H and O–H groups in total. The van der Waals surface area contributed by atoms with Crippen LogP contribution >= 0.6 is 0 Å². The maximum atomic E-state index is 9.37. The van der Waals surface area contributed by atoms with Gasteiger partial charge in [0.05, 0.1) is 13.2 Å². The lowest BCUT2D eigenvalue weighted by atomic mass is 10.0. The molecule has 1 atom stereocenters. The summed E-state index contributed by atoms with van der Waals surface area (Å²) >= 11 is 0. The third-order valence-electron chi connectivity index (χ3n) is 2.17. The van der Waals surface area contributed by atoms with Crippen LogP contribution in [-0.2, 0) is 6.42 Å². The van der Waals surface area contributed by atoms with E-state index in [1.807, 2.05) is 18.2 Å². The van der Waals surface area contributed by atoms with Gasteiger partial charge in [-0.2, -0.15) is 0 Å². The Morgan fingerprint density at radius 1 is 1.46 bits per heavy atom. The number of methoxy groups -OCH3 is 1. The van der Waals surface area contributed by atoms with Gasteiger partial charge in [-0.15, -0.1) is 0 Å². The molecule has 2 heteroatoms. The highest BCUT2D eigenvalue weighted by atomic mass is 16.5. The van der Waals surface area contributed by atoms with Crippen LogP contribution in [0.25, 0.3) is 0 Å². The number of aryl methyl sites for hydroxylation is 1. The molecule has 0 radical (unpaired) electrons. The normalized spacial score (nSPS) is 12.6. The van der Waals surface area contributed by atoms with Gasteiger partial charge in [-0.3, -0.25) is 0 Å². The van der Waals surface area contributed by atoms with Crippen LogP contribution in [0.15, 0.2) is 18.2 Å². The standard InChI is InChI=1S/C11H16O2/c1-4-9-7-10(8(2)12)5-6-11(9)13-3/h5-8,12H,4H2,1-3H3. The Balaban J connectivity index is 3.05. The number of aliphatic hydroxyl groups is 1. The lowest BCUT2D eigenvalue weighted by Crippen LogP contribution is -1.95. The van der Waals surface area contributed by atoms with Gasteiger partial charge in [-0.1, -0.05) is 13.0 Å². The van der Waals surface area contributed by atoms with Crippen molar-refractivity contribution in [2.24, 2.45) is 0 Å². The molecule has 0 amide bonds. The van der Waals surface area contributed by atoms with Crippen LogP contribution in [0.2, 0.25) is 0 Å². The predicted octanol–water partition coefficient (Wildman–Crippen LogP) is 2.31. The molecule has 13 heavy (non-hydrogen) atoms. The Labute approximate surface area is 79.2 Å². The fourth-order valence-electron chi connectivity index (χ4n) is 1.33. The predicted molar refractivity (Wildman–Crippen MR) is 53.0 cm³/mol. The van der Waals surface area contributed by atoms with Gasteiger partial charge >= 0.3 is 0 Å². The zero-order valence-electron chi connectivity index (χ0n) is 8.37. The molecular formula is C11H16O2. The fraction of sp³-hybridized carbons (Fsp3) is 0.455. The molecule has 72 valence electrons. The molecule has 0 saturated heterocycles. The summed E-state index contributed by atoms with van der Waals surface area (Å²) < 4.78 is 5.19. The van der Waals surface area contributed by atoms with E-state index in [0.29, 0.717) is 0 Å². The average Bonchev–Trinajstić information content (AvgIpc) is 2.16. The fourth-order valence-corrected chi connectivity index (χ4v) is 1.33. The lowest BCUT2D eigenvalue weighted by Gasteiger charge is -2.10. The van der Waals surface area contributed by atoms with Crippen LogP contribution < -0.4 is 4.74 Å². The van der Waals surface area contributed by atoms with E-state index >= 15 is 0 Å². The van der Waals surface area contributed by atoms with Crippen molar-refractivity contribution in [3.63, 3.8) is 0 Å². The van der Waals surface area contributed by atoms with E-state index in [2.05, 4.69) is 6.92 Å². The number of hydrogen-bond acceptors (Lipinski definition) is 2. The first-order valence-electron chi connectivity index (χ1n) is 4.54. The molecule has 1 aromatic rings. The Bertz CT molecular complexity index is 279. The quantitative estimate of drug-likeness (QED) is 0.773. The Morgan fingerprint density at radius 3 is 2.62 bits per heavy atom.